The highest BCUT2D eigenvalue weighted by atomic mass is 16.5. The van der Waals surface area contributed by atoms with Crippen LogP contribution >= 0.6 is 0 Å². The Balaban J connectivity index is 1.50. The molecule has 120 valence electrons. The standard InChI is InChI=1S/C18H25NO3/c20-10-9-17(14-5-6-14)19-18(21)12-22-16-8-7-13-3-1-2-4-15(13)11-16/h7-8,11,14,17,20H,1-6,9-10,12H2,(H,19,21). The van der Waals surface area contributed by atoms with Crippen LogP contribution in [0.5, 0.6) is 5.75 Å². The maximum Gasteiger partial charge on any atom is 0.258 e. The van der Waals surface area contributed by atoms with E-state index in [1.807, 2.05) is 6.07 Å². The molecule has 1 saturated carbocycles. The van der Waals surface area contributed by atoms with Gasteiger partial charge in [-0.25, -0.2) is 0 Å². The number of hydrogen-bond acceptors (Lipinski definition) is 3. The third-order valence-electron chi connectivity index (χ3n) is 4.67. The van der Waals surface area contributed by atoms with E-state index in [-0.39, 0.29) is 25.2 Å². The van der Waals surface area contributed by atoms with E-state index in [2.05, 4.69) is 17.4 Å². The van der Waals surface area contributed by atoms with Crippen molar-refractivity contribution >= 4 is 5.91 Å². The third-order valence-corrected chi connectivity index (χ3v) is 4.67. The fraction of sp³-hybridized carbons (Fsp3) is 0.611. The zero-order valence-electron chi connectivity index (χ0n) is 13.0. The number of aliphatic hydroxyl groups excluding tert-OH is 1. The molecule has 0 spiro atoms. The second kappa shape index (κ2) is 7.14. The first kappa shape index (κ1) is 15.3. The Hall–Kier alpha value is -1.55. The molecule has 0 heterocycles. The second-order valence-corrected chi connectivity index (χ2v) is 6.45. The Morgan fingerprint density at radius 3 is 2.77 bits per heavy atom. The topological polar surface area (TPSA) is 58.6 Å². The molecule has 2 aliphatic carbocycles. The molecule has 1 amide bonds. The molecule has 1 aromatic rings. The summed E-state index contributed by atoms with van der Waals surface area (Å²) < 4.78 is 5.64. The molecule has 4 nitrogen and oxygen atoms in total. The van der Waals surface area contributed by atoms with E-state index >= 15 is 0 Å². The van der Waals surface area contributed by atoms with Crippen LogP contribution in [0.3, 0.4) is 0 Å². The molecule has 0 aromatic heterocycles. The average molecular weight is 303 g/mol. The van der Waals surface area contributed by atoms with E-state index in [4.69, 9.17) is 9.84 Å². The van der Waals surface area contributed by atoms with Gasteiger partial charge in [0.15, 0.2) is 6.61 Å². The first-order valence-electron chi connectivity index (χ1n) is 8.41. The van der Waals surface area contributed by atoms with Crippen molar-refractivity contribution in [1.29, 1.82) is 0 Å². The molecule has 0 bridgehead atoms. The molecule has 3 rings (SSSR count). The summed E-state index contributed by atoms with van der Waals surface area (Å²) in [7, 11) is 0. The molecule has 1 aromatic carbocycles. The van der Waals surface area contributed by atoms with Gasteiger partial charge >= 0.3 is 0 Å². The van der Waals surface area contributed by atoms with Gasteiger partial charge in [-0.15, -0.1) is 0 Å². The molecule has 0 radical (unpaired) electrons. The Bertz CT molecular complexity index is 525. The van der Waals surface area contributed by atoms with Crippen molar-refractivity contribution in [2.24, 2.45) is 5.92 Å². The molecular formula is C18H25NO3. The maximum absolute atomic E-state index is 12.0. The Morgan fingerprint density at radius 1 is 1.27 bits per heavy atom. The number of amides is 1. The lowest BCUT2D eigenvalue weighted by Gasteiger charge is -2.18. The summed E-state index contributed by atoms with van der Waals surface area (Å²) >= 11 is 0. The number of benzene rings is 1. The van der Waals surface area contributed by atoms with Crippen molar-refractivity contribution in [2.45, 2.75) is 51.0 Å². The van der Waals surface area contributed by atoms with Gasteiger partial charge in [0.2, 0.25) is 0 Å². The number of rotatable bonds is 7. The summed E-state index contributed by atoms with van der Waals surface area (Å²) in [6, 6.07) is 6.27. The third kappa shape index (κ3) is 4.01. The smallest absolute Gasteiger partial charge is 0.258 e. The number of nitrogens with one attached hydrogen (secondary N) is 1. The van der Waals surface area contributed by atoms with Gasteiger partial charge in [-0.05, 0) is 74.1 Å². The van der Waals surface area contributed by atoms with Crippen molar-refractivity contribution in [1.82, 2.24) is 5.32 Å². The van der Waals surface area contributed by atoms with Gasteiger partial charge in [-0.2, -0.15) is 0 Å². The minimum Gasteiger partial charge on any atom is -0.484 e. The summed E-state index contributed by atoms with van der Waals surface area (Å²) in [5.74, 6) is 1.23. The van der Waals surface area contributed by atoms with Gasteiger partial charge in [0, 0.05) is 12.6 Å². The zero-order valence-corrected chi connectivity index (χ0v) is 13.0. The molecule has 22 heavy (non-hydrogen) atoms. The first-order chi connectivity index (χ1) is 10.8. The molecule has 2 N–H and O–H groups in total. The fourth-order valence-electron chi connectivity index (χ4n) is 3.26. The lowest BCUT2D eigenvalue weighted by molar-refractivity contribution is -0.124. The molecule has 1 fully saturated rings. The molecule has 2 aliphatic rings. The average Bonchev–Trinajstić information content (AvgIpc) is 3.37. The van der Waals surface area contributed by atoms with E-state index in [0.29, 0.717) is 12.3 Å². The lowest BCUT2D eigenvalue weighted by Crippen LogP contribution is -2.39. The highest BCUT2D eigenvalue weighted by Gasteiger charge is 2.31. The van der Waals surface area contributed by atoms with Crippen molar-refractivity contribution in [3.05, 3.63) is 29.3 Å². The summed E-state index contributed by atoms with van der Waals surface area (Å²) in [4.78, 5) is 12.0. The van der Waals surface area contributed by atoms with Gasteiger partial charge < -0.3 is 15.2 Å². The van der Waals surface area contributed by atoms with E-state index in [1.165, 1.54) is 24.0 Å². The monoisotopic (exact) mass is 303 g/mol. The van der Waals surface area contributed by atoms with Crippen LogP contribution in [0.1, 0.15) is 43.2 Å². The van der Waals surface area contributed by atoms with Crippen molar-refractivity contribution < 1.29 is 14.6 Å². The van der Waals surface area contributed by atoms with Crippen LogP contribution in [0.2, 0.25) is 0 Å². The SMILES string of the molecule is O=C(COc1ccc2c(c1)CCCC2)NC(CCO)C1CC1. The quantitative estimate of drug-likeness (QED) is 0.812. The van der Waals surface area contributed by atoms with Crippen molar-refractivity contribution in [3.8, 4) is 5.75 Å². The minimum absolute atomic E-state index is 0.0490. The molecular weight excluding hydrogens is 278 g/mol. The number of ether oxygens (including phenoxy) is 1. The van der Waals surface area contributed by atoms with Crippen LogP contribution in [0.4, 0.5) is 0 Å². The number of fused-ring (bicyclic) bond motifs is 1. The van der Waals surface area contributed by atoms with E-state index in [0.717, 1.165) is 31.4 Å². The van der Waals surface area contributed by atoms with Gasteiger partial charge in [0.1, 0.15) is 5.75 Å². The largest absolute Gasteiger partial charge is 0.484 e. The summed E-state index contributed by atoms with van der Waals surface area (Å²) in [6.45, 7) is 0.167. The molecule has 4 heteroatoms. The minimum atomic E-state index is -0.0944. The van der Waals surface area contributed by atoms with Gasteiger partial charge in [-0.1, -0.05) is 6.07 Å². The van der Waals surface area contributed by atoms with E-state index < -0.39 is 0 Å². The Morgan fingerprint density at radius 2 is 2.05 bits per heavy atom. The van der Waals surface area contributed by atoms with Crippen LogP contribution in [-0.2, 0) is 17.6 Å². The lowest BCUT2D eigenvalue weighted by atomic mass is 9.92. The van der Waals surface area contributed by atoms with Gasteiger partial charge in [0.05, 0.1) is 0 Å². The van der Waals surface area contributed by atoms with Gasteiger partial charge in [-0.3, -0.25) is 4.79 Å². The van der Waals surface area contributed by atoms with E-state index in [1.54, 1.807) is 0 Å². The fourth-order valence-corrected chi connectivity index (χ4v) is 3.26. The molecule has 1 atom stereocenters. The van der Waals surface area contributed by atoms with Crippen LogP contribution in [0.15, 0.2) is 18.2 Å². The first-order valence-corrected chi connectivity index (χ1v) is 8.41. The van der Waals surface area contributed by atoms with Gasteiger partial charge in [0.25, 0.3) is 5.91 Å². The van der Waals surface area contributed by atoms with Crippen LogP contribution in [0.25, 0.3) is 0 Å². The number of hydrogen-bond donors (Lipinski definition) is 2. The normalized spacial score (nSPS) is 18.4. The number of carbonyl (C=O) groups is 1. The zero-order chi connectivity index (χ0) is 15.4. The summed E-state index contributed by atoms with van der Waals surface area (Å²) in [5, 5.41) is 12.1. The Kier molecular flexibility index (Phi) is 4.98. The highest BCUT2D eigenvalue weighted by Crippen LogP contribution is 2.33. The second-order valence-electron chi connectivity index (χ2n) is 6.45. The number of aryl methyl sites for hydroxylation is 2. The van der Waals surface area contributed by atoms with Crippen LogP contribution in [0, 0.1) is 5.92 Å². The van der Waals surface area contributed by atoms with Crippen LogP contribution < -0.4 is 10.1 Å². The molecule has 1 unspecified atom stereocenters. The number of carbonyl (C=O) groups excluding carboxylic acids is 1. The summed E-state index contributed by atoms with van der Waals surface area (Å²) in [6.07, 6.45) is 7.70. The maximum atomic E-state index is 12.0. The van der Waals surface area contributed by atoms with E-state index in [9.17, 15) is 4.79 Å². The summed E-state index contributed by atoms with van der Waals surface area (Å²) in [5.41, 5.74) is 2.78. The predicted molar refractivity (Wildman–Crippen MR) is 84.9 cm³/mol. The Labute approximate surface area is 131 Å². The highest BCUT2D eigenvalue weighted by molar-refractivity contribution is 5.77. The van der Waals surface area contributed by atoms with Crippen molar-refractivity contribution in [2.75, 3.05) is 13.2 Å². The predicted octanol–water partition coefficient (Wildman–Crippen LogP) is 2.22. The molecule has 0 saturated heterocycles. The number of aliphatic hydroxyl groups is 1. The van der Waals surface area contributed by atoms with Crippen molar-refractivity contribution in [3.63, 3.8) is 0 Å². The molecule has 0 aliphatic heterocycles. The van der Waals surface area contributed by atoms with Crippen LogP contribution in [-0.4, -0.2) is 30.3 Å².